The third-order valence-electron chi connectivity index (χ3n) is 9.64. The first-order valence-electron chi connectivity index (χ1n) is 19.1. The molecule has 1 unspecified atom stereocenters. The minimum absolute atomic E-state index is 0. The summed E-state index contributed by atoms with van der Waals surface area (Å²) >= 11 is 0. The van der Waals surface area contributed by atoms with Crippen molar-refractivity contribution in [2.45, 2.75) is 206 Å². The van der Waals surface area contributed by atoms with Gasteiger partial charge in [0.1, 0.15) is 5.41 Å². The number of ether oxygens (including phenoxy) is 1. The van der Waals surface area contributed by atoms with E-state index in [-0.39, 0.29) is 55.4 Å². The van der Waals surface area contributed by atoms with Gasteiger partial charge in [0, 0.05) is 0 Å². The largest absolute Gasteiger partial charge is 1.00 e. The summed E-state index contributed by atoms with van der Waals surface area (Å²) in [7, 11) is -11.0. The molecular formula is C36H70NaO10S2+. The summed E-state index contributed by atoms with van der Waals surface area (Å²) in [5.41, 5.74) is -2.12. The maximum absolute atomic E-state index is 14.5. The summed E-state index contributed by atoms with van der Waals surface area (Å²) in [6.45, 7) is 8.37. The average Bonchev–Trinajstić information content (AvgIpc) is 3.01. The van der Waals surface area contributed by atoms with E-state index in [9.17, 15) is 35.5 Å². The predicted molar refractivity (Wildman–Crippen MR) is 193 cm³/mol. The van der Waals surface area contributed by atoms with Gasteiger partial charge in [-0.1, -0.05) is 175 Å². The number of carbonyl (C=O) groups is 2. The van der Waals surface area contributed by atoms with Crippen molar-refractivity contribution in [3.63, 3.8) is 0 Å². The van der Waals surface area contributed by atoms with E-state index in [1.807, 2.05) is 0 Å². The monoisotopic (exact) mass is 749 g/mol. The zero-order valence-corrected chi connectivity index (χ0v) is 35.4. The Morgan fingerprint density at radius 2 is 0.816 bits per heavy atom. The second-order valence-corrected chi connectivity index (χ2v) is 16.3. The van der Waals surface area contributed by atoms with Crippen molar-refractivity contribution >= 4 is 32.5 Å². The van der Waals surface area contributed by atoms with E-state index in [2.05, 4.69) is 31.9 Å². The van der Waals surface area contributed by atoms with Gasteiger partial charge in [-0.15, -0.1) is 0 Å². The Bertz CT molecular complexity index is 1050. The zero-order valence-electron chi connectivity index (χ0n) is 31.8. The van der Waals surface area contributed by atoms with Crippen LogP contribution < -0.4 is 29.6 Å². The molecule has 10 nitrogen and oxygen atoms in total. The molecule has 0 heterocycles. The zero-order chi connectivity index (χ0) is 36.4. The Morgan fingerprint density at radius 3 is 1.16 bits per heavy atom. The predicted octanol–water partition coefficient (Wildman–Crippen LogP) is 7.10. The van der Waals surface area contributed by atoms with Crippen molar-refractivity contribution in [1.29, 1.82) is 0 Å². The number of unbranched alkanes of at least 4 members (excludes halogenated alkanes) is 20. The first-order valence-corrected chi connectivity index (χ1v) is 22.0. The van der Waals surface area contributed by atoms with Gasteiger partial charge in [-0.3, -0.25) is 13.9 Å². The van der Waals surface area contributed by atoms with Gasteiger partial charge in [-0.2, -0.15) is 16.8 Å². The Hall–Kier alpha value is -0.240. The van der Waals surface area contributed by atoms with Crippen molar-refractivity contribution in [1.82, 2.24) is 0 Å². The number of esters is 1. The quantitative estimate of drug-likeness (QED) is 0.0306. The summed E-state index contributed by atoms with van der Waals surface area (Å²) < 4.78 is 79.1. The molecule has 0 bridgehead atoms. The van der Waals surface area contributed by atoms with Crippen LogP contribution in [-0.2, 0) is 39.0 Å². The van der Waals surface area contributed by atoms with Crippen LogP contribution in [0.3, 0.4) is 0 Å². The molecule has 2 N–H and O–H groups in total. The van der Waals surface area contributed by atoms with E-state index < -0.39 is 49.0 Å². The van der Waals surface area contributed by atoms with Crippen LogP contribution in [0.5, 0.6) is 0 Å². The fourth-order valence-electron chi connectivity index (χ4n) is 6.83. The number of rotatable bonds is 33. The fourth-order valence-corrected chi connectivity index (χ4v) is 8.65. The van der Waals surface area contributed by atoms with Crippen LogP contribution in [0.4, 0.5) is 0 Å². The van der Waals surface area contributed by atoms with Crippen LogP contribution in [0.25, 0.3) is 0 Å². The van der Waals surface area contributed by atoms with Crippen molar-refractivity contribution in [2.75, 3.05) is 6.61 Å². The molecule has 0 aliphatic rings. The summed E-state index contributed by atoms with van der Waals surface area (Å²) in [4.78, 5) is 28.4. The molecule has 0 spiro atoms. The molecule has 0 fully saturated rings. The van der Waals surface area contributed by atoms with Crippen LogP contribution in [0, 0.1) is 5.41 Å². The van der Waals surface area contributed by atoms with Crippen LogP contribution in [0.15, 0.2) is 0 Å². The normalized spacial score (nSPS) is 13.4. The Balaban J connectivity index is 0. The first-order chi connectivity index (χ1) is 22.8. The van der Waals surface area contributed by atoms with E-state index in [0.29, 0.717) is 38.5 Å². The Morgan fingerprint density at radius 1 is 0.490 bits per heavy atom. The molecule has 49 heavy (non-hydrogen) atoms. The molecule has 0 aromatic carbocycles. The second-order valence-electron chi connectivity index (χ2n) is 13.6. The molecule has 0 aromatic heterocycles. The average molecular weight is 750 g/mol. The van der Waals surface area contributed by atoms with Crippen LogP contribution >= 0.6 is 0 Å². The van der Waals surface area contributed by atoms with Gasteiger partial charge in [0.05, 0.1) is 6.61 Å². The molecule has 0 aliphatic carbocycles. The van der Waals surface area contributed by atoms with Crippen LogP contribution in [0.1, 0.15) is 201 Å². The Kier molecular flexibility index (Phi) is 30.4. The second kappa shape index (κ2) is 29.2. The summed E-state index contributed by atoms with van der Waals surface area (Å²) in [5.74, 6) is -2.79. The van der Waals surface area contributed by atoms with E-state index in [4.69, 9.17) is 4.74 Å². The molecular weight excluding hydrogens is 680 g/mol. The minimum Gasteiger partial charge on any atom is -0.465 e. The van der Waals surface area contributed by atoms with Crippen molar-refractivity contribution in [2.24, 2.45) is 5.41 Å². The topological polar surface area (TPSA) is 161 Å². The third-order valence-corrected chi connectivity index (χ3v) is 11.6. The van der Waals surface area contributed by atoms with Crippen molar-refractivity contribution in [3.8, 4) is 0 Å². The summed E-state index contributed by atoms with van der Waals surface area (Å²) in [6, 6.07) is 0. The van der Waals surface area contributed by atoms with Gasteiger partial charge in [0.15, 0.2) is 0 Å². The maximum atomic E-state index is 14.5. The first kappa shape index (κ1) is 50.9. The Labute approximate surface area is 322 Å². The molecule has 0 radical (unpaired) electrons. The van der Waals surface area contributed by atoms with Crippen molar-refractivity contribution in [3.05, 3.63) is 0 Å². The molecule has 1 atom stereocenters. The standard InChI is InChI=1S/C36H70O10S2.Na/c1-5-9-13-17-21-25-29-35(30-26-22-18-14-10-6-2,33(37)45-32-28-24-20-16-12-8-4)36(47(39,40)41,34(38)46-48(42,43)44)31-27-23-19-15-11-7-3;/h5-32H2,1-4H3,(H,39,40,41)(H,42,43,44);/q;+1. The van der Waals surface area contributed by atoms with Gasteiger partial charge in [-0.25, -0.2) is 4.79 Å². The van der Waals surface area contributed by atoms with E-state index >= 15 is 0 Å². The summed E-state index contributed by atoms with van der Waals surface area (Å²) in [5, 5.41) is 0. The molecule has 0 rings (SSSR count). The van der Waals surface area contributed by atoms with Gasteiger partial charge in [0.2, 0.25) is 4.75 Å². The van der Waals surface area contributed by atoms with Crippen LogP contribution in [0.2, 0.25) is 0 Å². The van der Waals surface area contributed by atoms with Crippen molar-refractivity contribution < 1.29 is 74.0 Å². The van der Waals surface area contributed by atoms with E-state index in [0.717, 1.165) is 109 Å². The van der Waals surface area contributed by atoms with Gasteiger partial charge in [-0.05, 0) is 25.7 Å². The SMILES string of the molecule is CCCCCCCCOC(=O)C(CCCCCCCC)(CCCCCCCC)C(CCCCCCCC)(C(=O)OS(=O)(=O)O)S(=O)(=O)O.[Na+]. The molecule has 0 aliphatic heterocycles. The molecule has 0 amide bonds. The number of carbonyl (C=O) groups excluding carboxylic acids is 2. The van der Waals surface area contributed by atoms with Gasteiger partial charge < -0.3 is 8.92 Å². The molecule has 286 valence electrons. The number of hydrogen-bond acceptors (Lipinski definition) is 8. The summed E-state index contributed by atoms with van der Waals surface area (Å²) in [6.07, 6.45) is 18.7. The van der Waals surface area contributed by atoms with Gasteiger partial charge >= 0.3 is 51.9 Å². The molecule has 0 saturated carbocycles. The van der Waals surface area contributed by atoms with Crippen LogP contribution in [-0.4, -0.2) is 49.2 Å². The van der Waals surface area contributed by atoms with E-state index in [1.54, 1.807) is 0 Å². The van der Waals surface area contributed by atoms with E-state index in [1.165, 1.54) is 0 Å². The third kappa shape index (κ3) is 20.0. The smallest absolute Gasteiger partial charge is 0.465 e. The molecule has 0 saturated heterocycles. The maximum Gasteiger partial charge on any atom is 1.00 e. The molecule has 13 heteroatoms. The molecule has 0 aromatic rings. The number of hydrogen-bond donors (Lipinski definition) is 2. The fraction of sp³-hybridized carbons (Fsp3) is 0.944. The minimum atomic E-state index is -5.50. The van der Waals surface area contributed by atoms with Gasteiger partial charge in [0.25, 0.3) is 10.1 Å².